The first-order valence-electron chi connectivity index (χ1n) is 7.48. The normalized spacial score (nSPS) is 13.7. The highest BCUT2D eigenvalue weighted by Gasteiger charge is 2.29. The lowest BCUT2D eigenvalue weighted by atomic mass is 9.94. The number of primary amides is 1. The third-order valence-corrected chi connectivity index (χ3v) is 3.77. The first-order chi connectivity index (χ1) is 9.92. The topological polar surface area (TPSA) is 58.4 Å². The van der Waals surface area contributed by atoms with Gasteiger partial charge in [-0.1, -0.05) is 13.0 Å². The van der Waals surface area contributed by atoms with Crippen molar-refractivity contribution < 1.29 is 9.18 Å². The maximum absolute atomic E-state index is 13.3. The summed E-state index contributed by atoms with van der Waals surface area (Å²) in [7, 11) is 0. The Balaban J connectivity index is 2.61. The van der Waals surface area contributed by atoms with Crippen molar-refractivity contribution in [1.82, 2.24) is 5.32 Å². The van der Waals surface area contributed by atoms with Crippen LogP contribution in [0.25, 0.3) is 0 Å². The molecule has 1 aromatic rings. The van der Waals surface area contributed by atoms with Gasteiger partial charge in [-0.2, -0.15) is 0 Å². The minimum atomic E-state index is -0.684. The van der Waals surface area contributed by atoms with E-state index in [4.69, 9.17) is 5.73 Å². The van der Waals surface area contributed by atoms with Crippen LogP contribution in [0.2, 0.25) is 0 Å². The lowest BCUT2D eigenvalue weighted by Gasteiger charge is -2.29. The summed E-state index contributed by atoms with van der Waals surface area (Å²) in [4.78, 5) is 13.7. The number of amides is 1. The van der Waals surface area contributed by atoms with Crippen molar-refractivity contribution in [2.24, 2.45) is 5.73 Å². The number of carbonyl (C=O) groups is 1. The van der Waals surface area contributed by atoms with Gasteiger partial charge in [-0.25, -0.2) is 4.39 Å². The van der Waals surface area contributed by atoms with Crippen molar-refractivity contribution in [1.29, 1.82) is 0 Å². The van der Waals surface area contributed by atoms with Gasteiger partial charge in [0.05, 0.1) is 5.54 Å². The molecule has 0 bridgehead atoms. The highest BCUT2D eigenvalue weighted by Crippen LogP contribution is 2.18. The van der Waals surface area contributed by atoms with Crippen LogP contribution >= 0.6 is 0 Å². The van der Waals surface area contributed by atoms with Crippen LogP contribution in [0.4, 0.5) is 10.1 Å². The summed E-state index contributed by atoms with van der Waals surface area (Å²) in [5.41, 5.74) is 5.65. The number of nitrogens with two attached hydrogens (primary N) is 1. The smallest absolute Gasteiger partial charge is 0.237 e. The average molecular weight is 295 g/mol. The summed E-state index contributed by atoms with van der Waals surface area (Å²) < 4.78 is 13.3. The Morgan fingerprint density at radius 1 is 1.43 bits per heavy atom. The fourth-order valence-corrected chi connectivity index (χ4v) is 2.45. The summed E-state index contributed by atoms with van der Waals surface area (Å²) in [6, 6.07) is 6.57. The third-order valence-electron chi connectivity index (χ3n) is 3.77. The Morgan fingerprint density at radius 2 is 2.14 bits per heavy atom. The first-order valence-corrected chi connectivity index (χ1v) is 7.48. The van der Waals surface area contributed by atoms with Gasteiger partial charge in [-0.05, 0) is 51.4 Å². The summed E-state index contributed by atoms with van der Waals surface area (Å²) >= 11 is 0. The number of benzene rings is 1. The number of hydrogen-bond donors (Lipinski definition) is 2. The van der Waals surface area contributed by atoms with Crippen molar-refractivity contribution in [2.45, 2.75) is 39.2 Å². The lowest BCUT2D eigenvalue weighted by molar-refractivity contribution is -0.124. The number of carbonyl (C=O) groups excluding carboxylic acids is 1. The molecule has 0 heterocycles. The molecule has 21 heavy (non-hydrogen) atoms. The van der Waals surface area contributed by atoms with Crippen molar-refractivity contribution in [3.63, 3.8) is 0 Å². The number of halogens is 1. The molecule has 4 nitrogen and oxygen atoms in total. The zero-order valence-electron chi connectivity index (χ0n) is 13.2. The summed E-state index contributed by atoms with van der Waals surface area (Å²) in [6.07, 6.45) is 1.46. The molecule has 5 heteroatoms. The average Bonchev–Trinajstić information content (AvgIpc) is 2.43. The molecule has 0 radical (unpaired) electrons. The molecular formula is C16H26FN3O. The number of hydrogen-bond acceptors (Lipinski definition) is 3. The predicted molar refractivity (Wildman–Crippen MR) is 84.8 cm³/mol. The van der Waals surface area contributed by atoms with E-state index in [0.29, 0.717) is 13.0 Å². The molecule has 118 valence electrons. The van der Waals surface area contributed by atoms with E-state index in [0.717, 1.165) is 25.2 Å². The molecule has 1 unspecified atom stereocenters. The number of nitrogens with one attached hydrogen (secondary N) is 1. The van der Waals surface area contributed by atoms with Crippen molar-refractivity contribution in [3.8, 4) is 0 Å². The minimum Gasteiger partial charge on any atom is -0.372 e. The Labute approximate surface area is 126 Å². The summed E-state index contributed by atoms with van der Waals surface area (Å²) in [5.74, 6) is -0.571. The van der Waals surface area contributed by atoms with Crippen LogP contribution in [0.5, 0.6) is 0 Å². The van der Waals surface area contributed by atoms with Crippen LogP contribution in [0.1, 0.15) is 33.6 Å². The second-order valence-electron chi connectivity index (χ2n) is 5.39. The number of anilines is 1. The van der Waals surface area contributed by atoms with Gasteiger partial charge in [-0.3, -0.25) is 4.79 Å². The Bertz CT molecular complexity index is 467. The van der Waals surface area contributed by atoms with Crippen LogP contribution in [-0.4, -0.2) is 31.1 Å². The van der Waals surface area contributed by atoms with E-state index in [9.17, 15) is 9.18 Å². The van der Waals surface area contributed by atoms with Crippen LogP contribution in [0, 0.1) is 5.82 Å². The quantitative estimate of drug-likeness (QED) is 0.735. The van der Waals surface area contributed by atoms with Gasteiger partial charge in [0, 0.05) is 18.8 Å². The fourth-order valence-electron chi connectivity index (χ4n) is 2.45. The van der Waals surface area contributed by atoms with Crippen molar-refractivity contribution >= 4 is 11.6 Å². The van der Waals surface area contributed by atoms with Gasteiger partial charge in [-0.15, -0.1) is 0 Å². The zero-order valence-corrected chi connectivity index (χ0v) is 13.2. The predicted octanol–water partition coefficient (Wildman–Crippen LogP) is 2.29. The molecule has 0 aliphatic rings. The van der Waals surface area contributed by atoms with Crippen LogP contribution in [0.3, 0.4) is 0 Å². The van der Waals surface area contributed by atoms with Gasteiger partial charge < -0.3 is 16.0 Å². The monoisotopic (exact) mass is 295 g/mol. The third kappa shape index (κ3) is 5.01. The molecule has 0 saturated heterocycles. The summed E-state index contributed by atoms with van der Waals surface area (Å²) in [5, 5.41) is 3.15. The Kier molecular flexibility index (Phi) is 6.62. The minimum absolute atomic E-state index is 0.236. The van der Waals surface area contributed by atoms with Crippen LogP contribution < -0.4 is 16.0 Å². The van der Waals surface area contributed by atoms with E-state index in [1.165, 1.54) is 12.1 Å². The molecule has 0 aromatic heterocycles. The molecule has 1 aromatic carbocycles. The van der Waals surface area contributed by atoms with Crippen molar-refractivity contribution in [2.75, 3.05) is 24.5 Å². The number of nitrogens with zero attached hydrogens (tertiary/aromatic N) is 1. The van der Waals surface area contributed by atoms with Gasteiger partial charge >= 0.3 is 0 Å². The Hall–Kier alpha value is -1.62. The van der Waals surface area contributed by atoms with Crippen LogP contribution in [-0.2, 0) is 4.79 Å². The SMILES string of the molecule is CCNC(C)(CCCN(CC)c1cccc(F)c1)C(N)=O. The molecule has 1 atom stereocenters. The van der Waals surface area contributed by atoms with E-state index in [-0.39, 0.29) is 11.7 Å². The van der Waals surface area contributed by atoms with Gasteiger partial charge in [0.1, 0.15) is 5.82 Å². The van der Waals surface area contributed by atoms with Crippen molar-refractivity contribution in [3.05, 3.63) is 30.1 Å². The lowest BCUT2D eigenvalue weighted by Crippen LogP contribution is -2.53. The van der Waals surface area contributed by atoms with E-state index >= 15 is 0 Å². The molecule has 0 aliphatic heterocycles. The van der Waals surface area contributed by atoms with Crippen LogP contribution in [0.15, 0.2) is 24.3 Å². The first kappa shape index (κ1) is 17.4. The van der Waals surface area contributed by atoms with Gasteiger partial charge in [0.2, 0.25) is 5.91 Å². The molecule has 0 saturated carbocycles. The molecule has 0 fully saturated rings. The molecule has 1 amide bonds. The second kappa shape index (κ2) is 7.98. The Morgan fingerprint density at radius 3 is 2.67 bits per heavy atom. The number of rotatable bonds is 9. The molecule has 3 N–H and O–H groups in total. The second-order valence-corrected chi connectivity index (χ2v) is 5.39. The number of likely N-dealkylation sites (N-methyl/N-ethyl adjacent to an activating group) is 1. The van der Waals surface area contributed by atoms with E-state index in [1.54, 1.807) is 6.07 Å². The fraction of sp³-hybridized carbons (Fsp3) is 0.562. The largest absolute Gasteiger partial charge is 0.372 e. The molecule has 0 spiro atoms. The maximum Gasteiger partial charge on any atom is 0.237 e. The van der Waals surface area contributed by atoms with E-state index in [1.807, 2.05) is 26.8 Å². The molecule has 0 aliphatic carbocycles. The standard InChI is InChI=1S/C16H26FN3O/c1-4-19-16(3,15(18)21)10-7-11-20(5-2)14-9-6-8-13(17)12-14/h6,8-9,12,19H,4-5,7,10-11H2,1-3H3,(H2,18,21). The zero-order chi connectivity index (χ0) is 15.9. The highest BCUT2D eigenvalue weighted by molar-refractivity contribution is 5.84. The molecule has 1 rings (SSSR count). The highest BCUT2D eigenvalue weighted by atomic mass is 19.1. The summed E-state index contributed by atoms with van der Waals surface area (Å²) in [6.45, 7) is 8.05. The molecular weight excluding hydrogens is 269 g/mol. The van der Waals surface area contributed by atoms with E-state index < -0.39 is 5.54 Å². The van der Waals surface area contributed by atoms with E-state index in [2.05, 4.69) is 10.2 Å². The van der Waals surface area contributed by atoms with Gasteiger partial charge in [0.15, 0.2) is 0 Å². The van der Waals surface area contributed by atoms with Gasteiger partial charge in [0.25, 0.3) is 0 Å². The maximum atomic E-state index is 13.3.